The van der Waals surface area contributed by atoms with Crippen LogP contribution in [-0.4, -0.2) is 21.7 Å². The van der Waals surface area contributed by atoms with E-state index in [9.17, 15) is 0 Å². The van der Waals surface area contributed by atoms with E-state index in [1.54, 1.807) is 11.6 Å². The van der Waals surface area contributed by atoms with Crippen molar-refractivity contribution in [3.05, 3.63) is 66.5 Å². The summed E-state index contributed by atoms with van der Waals surface area (Å²) in [7, 11) is 1.66. The zero-order valence-electron chi connectivity index (χ0n) is 14.1. The lowest BCUT2D eigenvalue weighted by molar-refractivity contribution is 0.415. The minimum Gasteiger partial charge on any atom is -0.497 e. The van der Waals surface area contributed by atoms with Crippen molar-refractivity contribution in [2.24, 2.45) is 0 Å². The lowest BCUT2D eigenvalue weighted by Gasteiger charge is -2.08. The molecule has 25 heavy (non-hydrogen) atoms. The highest BCUT2D eigenvalue weighted by Gasteiger charge is 2.17. The first-order valence-electron chi connectivity index (χ1n) is 8.02. The molecule has 5 heteroatoms. The normalized spacial score (nSPS) is 11.0. The van der Waals surface area contributed by atoms with Crippen LogP contribution >= 0.6 is 0 Å². The van der Waals surface area contributed by atoms with Gasteiger partial charge in [0.1, 0.15) is 11.6 Å². The summed E-state index contributed by atoms with van der Waals surface area (Å²) in [6.45, 7) is 1.97. The van der Waals surface area contributed by atoms with Crippen molar-refractivity contribution in [1.82, 2.24) is 14.6 Å². The second-order valence-electron chi connectivity index (χ2n) is 5.85. The Morgan fingerprint density at radius 1 is 0.960 bits per heavy atom. The van der Waals surface area contributed by atoms with E-state index in [0.29, 0.717) is 5.82 Å². The molecule has 0 saturated carbocycles. The molecule has 0 unspecified atom stereocenters. The van der Waals surface area contributed by atoms with Gasteiger partial charge in [-0.1, -0.05) is 42.5 Å². The highest BCUT2D eigenvalue weighted by molar-refractivity contribution is 5.84. The predicted octanol–water partition coefficient (Wildman–Crippen LogP) is 3.96. The minimum atomic E-state index is 0.582. The number of nitrogens with zero attached hydrogens (tertiary/aromatic N) is 3. The molecule has 2 N–H and O–H groups in total. The van der Waals surface area contributed by atoms with Gasteiger partial charge in [0.25, 0.3) is 0 Å². The van der Waals surface area contributed by atoms with Crippen molar-refractivity contribution in [1.29, 1.82) is 0 Å². The van der Waals surface area contributed by atoms with Crippen molar-refractivity contribution in [2.45, 2.75) is 6.92 Å². The third kappa shape index (κ3) is 2.50. The number of aryl methyl sites for hydroxylation is 1. The monoisotopic (exact) mass is 330 g/mol. The Bertz CT molecular complexity index is 1040. The fraction of sp³-hybridized carbons (Fsp3) is 0.100. The van der Waals surface area contributed by atoms with Crippen LogP contribution in [0.25, 0.3) is 27.9 Å². The van der Waals surface area contributed by atoms with Crippen LogP contribution in [0, 0.1) is 6.92 Å². The maximum absolute atomic E-state index is 6.40. The number of fused-ring (bicyclic) bond motifs is 1. The molecule has 0 aliphatic carbocycles. The van der Waals surface area contributed by atoms with Crippen LogP contribution in [0.15, 0.2) is 60.8 Å². The molecule has 2 aromatic carbocycles. The Hall–Kier alpha value is -3.34. The summed E-state index contributed by atoms with van der Waals surface area (Å²) in [5.41, 5.74) is 11.9. The third-order valence-corrected chi connectivity index (χ3v) is 4.32. The van der Waals surface area contributed by atoms with Crippen LogP contribution < -0.4 is 10.5 Å². The van der Waals surface area contributed by atoms with Gasteiger partial charge in [-0.15, -0.1) is 0 Å². The fourth-order valence-corrected chi connectivity index (χ4v) is 3.04. The number of anilines is 1. The summed E-state index contributed by atoms with van der Waals surface area (Å²) < 4.78 is 6.95. The van der Waals surface area contributed by atoms with Crippen LogP contribution in [0.4, 0.5) is 5.82 Å². The molecule has 2 heterocycles. The molecule has 2 aromatic heterocycles. The van der Waals surface area contributed by atoms with E-state index in [-0.39, 0.29) is 0 Å². The molecule has 0 aliphatic rings. The minimum absolute atomic E-state index is 0.582. The molecule has 0 fully saturated rings. The first-order chi connectivity index (χ1) is 12.2. The maximum atomic E-state index is 6.40. The summed E-state index contributed by atoms with van der Waals surface area (Å²) in [5, 5.41) is 4.62. The highest BCUT2D eigenvalue weighted by Crippen LogP contribution is 2.32. The van der Waals surface area contributed by atoms with Gasteiger partial charge in [-0.3, -0.25) is 0 Å². The van der Waals surface area contributed by atoms with Gasteiger partial charge >= 0.3 is 0 Å². The number of methoxy groups -OCH3 is 1. The van der Waals surface area contributed by atoms with Crippen molar-refractivity contribution >= 4 is 11.5 Å². The van der Waals surface area contributed by atoms with Gasteiger partial charge in [-0.05, 0) is 30.2 Å². The Morgan fingerprint density at radius 2 is 1.68 bits per heavy atom. The summed E-state index contributed by atoms with van der Waals surface area (Å²) >= 11 is 0. The highest BCUT2D eigenvalue weighted by atomic mass is 16.5. The molecular weight excluding hydrogens is 312 g/mol. The summed E-state index contributed by atoms with van der Waals surface area (Å²) in [5.74, 6) is 1.40. The Balaban J connectivity index is 1.90. The Labute approximate surface area is 145 Å². The number of ether oxygens (including phenoxy) is 1. The Morgan fingerprint density at radius 3 is 2.36 bits per heavy atom. The lowest BCUT2D eigenvalue weighted by Crippen LogP contribution is -2.02. The molecule has 0 saturated heterocycles. The number of hydrogen-bond acceptors (Lipinski definition) is 4. The van der Waals surface area contributed by atoms with Crippen molar-refractivity contribution in [3.8, 4) is 28.0 Å². The molecule has 0 atom stereocenters. The van der Waals surface area contributed by atoms with E-state index in [4.69, 9.17) is 10.5 Å². The van der Waals surface area contributed by atoms with E-state index >= 15 is 0 Å². The zero-order valence-corrected chi connectivity index (χ0v) is 14.1. The molecule has 0 aliphatic heterocycles. The molecule has 124 valence electrons. The number of nitrogens with two attached hydrogens (primary N) is 1. The van der Waals surface area contributed by atoms with Gasteiger partial charge in [-0.2, -0.15) is 9.61 Å². The SMILES string of the molecule is COc1ccc(-c2c(C)nn3c(N)c(-c4ccccc4)cnc23)cc1. The zero-order chi connectivity index (χ0) is 17.4. The lowest BCUT2D eigenvalue weighted by atomic mass is 10.1. The second kappa shape index (κ2) is 5.94. The van der Waals surface area contributed by atoms with Gasteiger partial charge in [0.2, 0.25) is 0 Å². The average molecular weight is 330 g/mol. The summed E-state index contributed by atoms with van der Waals surface area (Å²) in [4.78, 5) is 4.65. The topological polar surface area (TPSA) is 65.4 Å². The summed E-state index contributed by atoms with van der Waals surface area (Å²) in [6, 6.07) is 17.8. The molecule has 0 spiro atoms. The smallest absolute Gasteiger partial charge is 0.165 e. The quantitative estimate of drug-likeness (QED) is 0.617. The molecule has 0 bridgehead atoms. The number of nitrogen functional groups attached to an aromatic ring is 1. The Kier molecular flexibility index (Phi) is 3.61. The van der Waals surface area contributed by atoms with Gasteiger partial charge in [0, 0.05) is 17.3 Å². The largest absolute Gasteiger partial charge is 0.497 e. The van der Waals surface area contributed by atoms with Gasteiger partial charge in [0.05, 0.1) is 12.8 Å². The molecule has 4 rings (SSSR count). The van der Waals surface area contributed by atoms with E-state index in [1.165, 1.54) is 0 Å². The number of benzene rings is 2. The molecule has 5 nitrogen and oxygen atoms in total. The van der Waals surface area contributed by atoms with Gasteiger partial charge < -0.3 is 10.5 Å². The summed E-state index contributed by atoms with van der Waals surface area (Å²) in [6.07, 6.45) is 1.81. The van der Waals surface area contributed by atoms with Crippen molar-refractivity contribution < 1.29 is 4.74 Å². The fourth-order valence-electron chi connectivity index (χ4n) is 3.04. The van der Waals surface area contributed by atoms with Crippen molar-refractivity contribution in [2.75, 3.05) is 12.8 Å². The number of rotatable bonds is 3. The van der Waals surface area contributed by atoms with Crippen LogP contribution in [0.2, 0.25) is 0 Å². The predicted molar refractivity (Wildman–Crippen MR) is 99.6 cm³/mol. The van der Waals surface area contributed by atoms with E-state index in [2.05, 4.69) is 10.1 Å². The average Bonchev–Trinajstić information content (AvgIpc) is 3.00. The number of aromatic nitrogens is 3. The maximum Gasteiger partial charge on any atom is 0.165 e. The van der Waals surface area contributed by atoms with Crippen molar-refractivity contribution in [3.63, 3.8) is 0 Å². The van der Waals surface area contributed by atoms with E-state index < -0.39 is 0 Å². The van der Waals surface area contributed by atoms with E-state index in [0.717, 1.165) is 39.3 Å². The van der Waals surface area contributed by atoms with Gasteiger partial charge in [0.15, 0.2) is 5.65 Å². The third-order valence-electron chi connectivity index (χ3n) is 4.32. The molecule has 0 amide bonds. The first kappa shape index (κ1) is 15.2. The van der Waals surface area contributed by atoms with E-state index in [1.807, 2.05) is 67.7 Å². The van der Waals surface area contributed by atoms with Crippen LogP contribution in [0.1, 0.15) is 5.69 Å². The first-order valence-corrected chi connectivity index (χ1v) is 8.02. The molecule has 0 radical (unpaired) electrons. The number of hydrogen-bond donors (Lipinski definition) is 1. The molecule has 4 aromatic rings. The van der Waals surface area contributed by atoms with Crippen LogP contribution in [0.5, 0.6) is 5.75 Å². The van der Waals surface area contributed by atoms with Crippen LogP contribution in [-0.2, 0) is 0 Å². The standard InChI is InChI=1S/C20H18N4O/c1-13-18(15-8-10-16(25-2)11-9-15)20-22-12-17(19(21)24(20)23-13)14-6-4-3-5-7-14/h3-12H,21H2,1-2H3. The molecular formula is C20H18N4O. The second-order valence-corrected chi connectivity index (χ2v) is 5.85. The van der Waals surface area contributed by atoms with Gasteiger partial charge in [-0.25, -0.2) is 4.98 Å². The van der Waals surface area contributed by atoms with Crippen LogP contribution in [0.3, 0.4) is 0 Å².